The molecule has 2 saturated heterocycles. The number of benzene rings is 1. The third-order valence-corrected chi connectivity index (χ3v) is 7.25. The van der Waals surface area contributed by atoms with Gasteiger partial charge in [-0.1, -0.05) is 49.6 Å². The maximum Gasteiger partial charge on any atom is 0.243 e. The van der Waals surface area contributed by atoms with E-state index >= 15 is 0 Å². The molecule has 1 saturated carbocycles. The van der Waals surface area contributed by atoms with Crippen molar-refractivity contribution in [2.24, 2.45) is 4.99 Å². The molecule has 3 fully saturated rings. The van der Waals surface area contributed by atoms with Crippen LogP contribution in [-0.4, -0.2) is 66.5 Å². The average molecular weight is 554 g/mol. The van der Waals surface area contributed by atoms with Gasteiger partial charge in [0.2, 0.25) is 5.91 Å². The number of likely N-dealkylation sites (N-methyl/N-ethyl adjacent to an activating group) is 1. The van der Waals surface area contributed by atoms with Gasteiger partial charge in [-0.2, -0.15) is 0 Å². The van der Waals surface area contributed by atoms with Gasteiger partial charge in [0.05, 0.1) is 0 Å². The third kappa shape index (κ3) is 6.83. The summed E-state index contributed by atoms with van der Waals surface area (Å²) in [6, 6.07) is 13.0. The van der Waals surface area contributed by atoms with E-state index in [-0.39, 0.29) is 36.4 Å². The van der Waals surface area contributed by atoms with Gasteiger partial charge < -0.3 is 15.5 Å². The molecule has 2 unspecified atom stereocenters. The maximum absolute atomic E-state index is 12.1. The summed E-state index contributed by atoms with van der Waals surface area (Å²) in [7, 11) is 3.58. The van der Waals surface area contributed by atoms with E-state index < -0.39 is 0 Å². The molecule has 1 amide bonds. The summed E-state index contributed by atoms with van der Waals surface area (Å²) in [5.41, 5.74) is 1.41. The van der Waals surface area contributed by atoms with Crippen molar-refractivity contribution in [1.82, 2.24) is 20.4 Å². The Balaban J connectivity index is 0.00000289. The lowest BCUT2D eigenvalue weighted by molar-refractivity contribution is -0.127. The summed E-state index contributed by atoms with van der Waals surface area (Å²) in [4.78, 5) is 21.1. The first kappa shape index (κ1) is 25.3. The fourth-order valence-electron chi connectivity index (χ4n) is 5.50. The standard InChI is InChI=1S/C25H39N5O.HI/c1-29(2)24(31)17-26-25(27-20-11-7-4-8-12-20)28-21-15-22-13-14-23(16-21)30(22)18-19-9-5-3-6-10-19;/h3,5-6,9-10,20-23H,4,7-8,11-18H2,1-2H3,(H2,26,27,28);1H. The molecule has 2 bridgehead atoms. The number of hydrogen-bond donors (Lipinski definition) is 2. The van der Waals surface area contributed by atoms with Gasteiger partial charge in [-0.15, -0.1) is 24.0 Å². The van der Waals surface area contributed by atoms with E-state index in [1.54, 1.807) is 19.0 Å². The van der Waals surface area contributed by atoms with E-state index in [9.17, 15) is 4.79 Å². The van der Waals surface area contributed by atoms with Gasteiger partial charge in [0, 0.05) is 44.8 Å². The summed E-state index contributed by atoms with van der Waals surface area (Å²) in [6.07, 6.45) is 11.2. The lowest BCUT2D eigenvalue weighted by Gasteiger charge is -2.40. The second kappa shape index (κ2) is 12.2. The number of carbonyl (C=O) groups excluding carboxylic acids is 1. The molecule has 178 valence electrons. The number of hydrogen-bond acceptors (Lipinski definition) is 3. The van der Waals surface area contributed by atoms with E-state index in [0.717, 1.165) is 25.3 Å². The molecule has 32 heavy (non-hydrogen) atoms. The van der Waals surface area contributed by atoms with Crippen molar-refractivity contribution < 1.29 is 4.79 Å². The van der Waals surface area contributed by atoms with Crippen LogP contribution in [0.5, 0.6) is 0 Å². The first-order valence-corrected chi connectivity index (χ1v) is 12.2. The van der Waals surface area contributed by atoms with Gasteiger partial charge in [-0.05, 0) is 44.1 Å². The predicted molar refractivity (Wildman–Crippen MR) is 141 cm³/mol. The number of rotatable bonds is 6. The minimum absolute atomic E-state index is 0. The van der Waals surface area contributed by atoms with Crippen LogP contribution in [0.1, 0.15) is 63.4 Å². The number of nitrogens with zero attached hydrogens (tertiary/aromatic N) is 3. The highest BCUT2D eigenvalue weighted by Crippen LogP contribution is 2.36. The summed E-state index contributed by atoms with van der Waals surface area (Å²) >= 11 is 0. The number of carbonyl (C=O) groups is 1. The zero-order valence-corrected chi connectivity index (χ0v) is 22.0. The first-order valence-electron chi connectivity index (χ1n) is 12.2. The molecular formula is C25H40IN5O. The summed E-state index contributed by atoms with van der Waals surface area (Å²) in [5.74, 6) is 0.880. The zero-order valence-electron chi connectivity index (χ0n) is 19.6. The second-order valence-corrected chi connectivity index (χ2v) is 9.79. The molecule has 2 heterocycles. The van der Waals surface area contributed by atoms with E-state index in [1.165, 1.54) is 50.5 Å². The van der Waals surface area contributed by atoms with Crippen LogP contribution in [0.3, 0.4) is 0 Å². The minimum Gasteiger partial charge on any atom is -0.354 e. The number of amides is 1. The molecule has 7 heteroatoms. The Bertz CT molecular complexity index is 736. The fourth-order valence-corrected chi connectivity index (χ4v) is 5.50. The number of guanidine groups is 1. The van der Waals surface area contributed by atoms with Gasteiger partial charge in [0.25, 0.3) is 0 Å². The smallest absolute Gasteiger partial charge is 0.243 e. The van der Waals surface area contributed by atoms with Crippen molar-refractivity contribution in [3.8, 4) is 0 Å². The monoisotopic (exact) mass is 553 g/mol. The SMILES string of the molecule is CN(C)C(=O)CN=C(NC1CCCCC1)NC1CC2CCC(C1)N2Cc1ccccc1.I. The Labute approximate surface area is 210 Å². The van der Waals surface area contributed by atoms with Gasteiger partial charge in [0.15, 0.2) is 5.96 Å². The number of fused-ring (bicyclic) bond motifs is 2. The van der Waals surface area contributed by atoms with Crippen LogP contribution in [0, 0.1) is 0 Å². The highest BCUT2D eigenvalue weighted by molar-refractivity contribution is 14.0. The van der Waals surface area contributed by atoms with Crippen LogP contribution in [0.25, 0.3) is 0 Å². The highest BCUT2D eigenvalue weighted by Gasteiger charge is 2.40. The lowest BCUT2D eigenvalue weighted by Crippen LogP contribution is -2.54. The van der Waals surface area contributed by atoms with Crippen LogP contribution in [-0.2, 0) is 11.3 Å². The van der Waals surface area contributed by atoms with Crippen LogP contribution in [0.15, 0.2) is 35.3 Å². The Morgan fingerprint density at radius 2 is 1.59 bits per heavy atom. The molecule has 2 aliphatic heterocycles. The van der Waals surface area contributed by atoms with Crippen molar-refractivity contribution in [3.63, 3.8) is 0 Å². The van der Waals surface area contributed by atoms with Gasteiger partial charge in [-0.25, -0.2) is 4.99 Å². The van der Waals surface area contributed by atoms with Gasteiger partial charge in [0.1, 0.15) is 6.54 Å². The van der Waals surface area contributed by atoms with E-state index in [1.807, 2.05) is 0 Å². The highest BCUT2D eigenvalue weighted by atomic mass is 127. The average Bonchev–Trinajstić information content (AvgIpc) is 3.01. The molecule has 2 N–H and O–H groups in total. The molecule has 1 aliphatic carbocycles. The summed E-state index contributed by atoms with van der Waals surface area (Å²) < 4.78 is 0. The fraction of sp³-hybridized carbons (Fsp3) is 0.680. The van der Waals surface area contributed by atoms with Crippen LogP contribution < -0.4 is 10.6 Å². The van der Waals surface area contributed by atoms with Crippen molar-refractivity contribution in [1.29, 1.82) is 0 Å². The van der Waals surface area contributed by atoms with Crippen molar-refractivity contribution >= 4 is 35.8 Å². The Morgan fingerprint density at radius 1 is 0.969 bits per heavy atom. The van der Waals surface area contributed by atoms with Crippen LogP contribution in [0.4, 0.5) is 0 Å². The Morgan fingerprint density at radius 3 is 2.22 bits per heavy atom. The normalized spacial score (nSPS) is 26.3. The number of nitrogens with one attached hydrogen (secondary N) is 2. The van der Waals surface area contributed by atoms with Gasteiger partial charge >= 0.3 is 0 Å². The first-order chi connectivity index (χ1) is 15.1. The van der Waals surface area contributed by atoms with E-state index in [4.69, 9.17) is 0 Å². The van der Waals surface area contributed by atoms with E-state index in [2.05, 4.69) is 50.9 Å². The summed E-state index contributed by atoms with van der Waals surface area (Å²) in [5, 5.41) is 7.38. The molecule has 2 atom stereocenters. The van der Waals surface area contributed by atoms with Crippen LogP contribution in [0.2, 0.25) is 0 Å². The van der Waals surface area contributed by atoms with Crippen molar-refractivity contribution in [2.75, 3.05) is 20.6 Å². The third-order valence-electron chi connectivity index (χ3n) is 7.25. The number of aliphatic imine (C=N–C) groups is 1. The number of piperidine rings is 1. The molecule has 6 nitrogen and oxygen atoms in total. The molecule has 1 aromatic rings. The molecule has 0 radical (unpaired) electrons. The van der Waals surface area contributed by atoms with Crippen molar-refractivity contribution in [3.05, 3.63) is 35.9 Å². The van der Waals surface area contributed by atoms with Crippen LogP contribution >= 0.6 is 24.0 Å². The van der Waals surface area contributed by atoms with Gasteiger partial charge in [-0.3, -0.25) is 9.69 Å². The lowest BCUT2D eigenvalue weighted by atomic mass is 9.95. The van der Waals surface area contributed by atoms with Crippen molar-refractivity contribution in [2.45, 2.75) is 88.5 Å². The Hall–Kier alpha value is -1.35. The zero-order chi connectivity index (χ0) is 21.6. The second-order valence-electron chi connectivity index (χ2n) is 9.79. The molecular weight excluding hydrogens is 513 g/mol. The Kier molecular flexibility index (Phi) is 9.64. The quantitative estimate of drug-likeness (QED) is 0.320. The molecule has 3 aliphatic rings. The largest absolute Gasteiger partial charge is 0.354 e. The molecule has 0 spiro atoms. The molecule has 4 rings (SSSR count). The summed E-state index contributed by atoms with van der Waals surface area (Å²) in [6.45, 7) is 1.26. The predicted octanol–water partition coefficient (Wildman–Crippen LogP) is 3.76. The van der Waals surface area contributed by atoms with E-state index in [0.29, 0.717) is 24.2 Å². The number of halogens is 1. The minimum atomic E-state index is 0. The topological polar surface area (TPSA) is 60.0 Å². The molecule has 0 aromatic heterocycles. The maximum atomic E-state index is 12.1. The molecule has 1 aromatic carbocycles.